The van der Waals surface area contributed by atoms with Gasteiger partial charge in [0.05, 0.1) is 6.10 Å². The minimum atomic E-state index is 0.303. The zero-order chi connectivity index (χ0) is 12.5. The summed E-state index contributed by atoms with van der Waals surface area (Å²) < 4.78 is 11.1. The number of anilines is 2. The second kappa shape index (κ2) is 4.49. The highest BCUT2D eigenvalue weighted by Gasteiger charge is 2.24. The van der Waals surface area contributed by atoms with Gasteiger partial charge in [0.15, 0.2) is 5.58 Å². The van der Waals surface area contributed by atoms with E-state index in [4.69, 9.17) is 14.9 Å². The van der Waals surface area contributed by atoms with Gasteiger partial charge in [-0.15, -0.1) is 0 Å². The average molecular weight is 247 g/mol. The van der Waals surface area contributed by atoms with E-state index in [1.807, 2.05) is 12.1 Å². The molecule has 18 heavy (non-hydrogen) atoms. The van der Waals surface area contributed by atoms with Crippen LogP contribution in [-0.2, 0) is 4.74 Å². The predicted octanol–water partition coefficient (Wildman–Crippen LogP) is 2.25. The fourth-order valence-electron chi connectivity index (χ4n) is 2.28. The van der Waals surface area contributed by atoms with E-state index in [1.165, 1.54) is 0 Å². The molecule has 1 aromatic carbocycles. The van der Waals surface area contributed by atoms with Crippen molar-refractivity contribution in [2.24, 2.45) is 5.92 Å². The van der Waals surface area contributed by atoms with Gasteiger partial charge in [-0.2, -0.15) is 4.98 Å². The number of rotatable bonds is 3. The lowest BCUT2D eigenvalue weighted by Crippen LogP contribution is -2.20. The number of fused-ring (bicyclic) bond motifs is 1. The minimum absolute atomic E-state index is 0.303. The maximum absolute atomic E-state index is 5.70. The molecule has 0 amide bonds. The minimum Gasteiger partial charge on any atom is -0.423 e. The van der Waals surface area contributed by atoms with Crippen molar-refractivity contribution in [1.82, 2.24) is 4.98 Å². The van der Waals surface area contributed by atoms with Crippen molar-refractivity contribution in [2.45, 2.75) is 19.4 Å². The number of nitrogens with two attached hydrogens (primary N) is 1. The number of ether oxygens (including phenoxy) is 1. The summed E-state index contributed by atoms with van der Waals surface area (Å²) in [5, 5.41) is 3.23. The third-order valence-electron chi connectivity index (χ3n) is 3.46. The summed E-state index contributed by atoms with van der Waals surface area (Å²) in [6.45, 7) is 3.77. The first-order valence-electron chi connectivity index (χ1n) is 6.24. The van der Waals surface area contributed by atoms with Crippen molar-refractivity contribution in [3.05, 3.63) is 18.2 Å². The Morgan fingerprint density at radius 2 is 2.39 bits per heavy atom. The summed E-state index contributed by atoms with van der Waals surface area (Å²) >= 11 is 0. The third kappa shape index (κ3) is 2.13. The van der Waals surface area contributed by atoms with E-state index in [9.17, 15) is 0 Å². The van der Waals surface area contributed by atoms with Crippen LogP contribution in [0.15, 0.2) is 22.6 Å². The monoisotopic (exact) mass is 247 g/mol. The van der Waals surface area contributed by atoms with Crippen LogP contribution >= 0.6 is 0 Å². The third-order valence-corrected chi connectivity index (χ3v) is 3.46. The normalized spacial score (nSPS) is 23.6. The lowest BCUT2D eigenvalue weighted by molar-refractivity contribution is 0.108. The molecule has 0 bridgehead atoms. The number of nitrogen functional groups attached to an aromatic ring is 1. The van der Waals surface area contributed by atoms with Crippen LogP contribution < -0.4 is 11.1 Å². The smallest absolute Gasteiger partial charge is 0.295 e. The molecule has 3 rings (SSSR count). The molecule has 1 aliphatic heterocycles. The Labute approximate surface area is 105 Å². The molecule has 0 spiro atoms. The van der Waals surface area contributed by atoms with Crippen molar-refractivity contribution in [3.8, 4) is 0 Å². The molecule has 1 saturated heterocycles. The Hall–Kier alpha value is -1.75. The molecule has 0 saturated carbocycles. The number of oxazole rings is 1. The quantitative estimate of drug-likeness (QED) is 0.814. The number of nitrogens with zero attached hydrogens (tertiary/aromatic N) is 1. The SMILES string of the molecule is CC1OCCC1CNc1nc2ccc(N)cc2o1. The van der Waals surface area contributed by atoms with E-state index < -0.39 is 0 Å². The maximum Gasteiger partial charge on any atom is 0.295 e. The first-order valence-corrected chi connectivity index (χ1v) is 6.24. The lowest BCUT2D eigenvalue weighted by atomic mass is 10.0. The number of aromatic nitrogens is 1. The van der Waals surface area contributed by atoms with E-state index in [0.717, 1.165) is 25.1 Å². The highest BCUT2D eigenvalue weighted by molar-refractivity contribution is 5.78. The molecule has 1 aromatic heterocycles. The van der Waals surface area contributed by atoms with Crippen LogP contribution in [0, 0.1) is 5.92 Å². The van der Waals surface area contributed by atoms with Crippen LogP contribution in [0.4, 0.5) is 11.7 Å². The van der Waals surface area contributed by atoms with Crippen LogP contribution in [0.5, 0.6) is 0 Å². The molecule has 96 valence electrons. The molecule has 1 aliphatic rings. The molecule has 5 nitrogen and oxygen atoms in total. The topological polar surface area (TPSA) is 73.3 Å². The van der Waals surface area contributed by atoms with Gasteiger partial charge in [-0.25, -0.2) is 0 Å². The summed E-state index contributed by atoms with van der Waals surface area (Å²) in [5.74, 6) is 0.519. The van der Waals surface area contributed by atoms with Crippen LogP contribution in [-0.4, -0.2) is 24.2 Å². The van der Waals surface area contributed by atoms with Crippen molar-refractivity contribution < 1.29 is 9.15 Å². The van der Waals surface area contributed by atoms with Crippen molar-refractivity contribution in [1.29, 1.82) is 0 Å². The van der Waals surface area contributed by atoms with Gasteiger partial charge in [0.25, 0.3) is 6.01 Å². The Morgan fingerprint density at radius 1 is 1.50 bits per heavy atom. The van der Waals surface area contributed by atoms with Gasteiger partial charge in [-0.05, 0) is 25.5 Å². The summed E-state index contributed by atoms with van der Waals surface area (Å²) in [7, 11) is 0. The predicted molar refractivity (Wildman–Crippen MR) is 70.4 cm³/mol. The van der Waals surface area contributed by atoms with Gasteiger partial charge >= 0.3 is 0 Å². The number of benzene rings is 1. The van der Waals surface area contributed by atoms with E-state index in [1.54, 1.807) is 6.07 Å². The highest BCUT2D eigenvalue weighted by Crippen LogP contribution is 2.23. The van der Waals surface area contributed by atoms with Crippen molar-refractivity contribution >= 4 is 22.8 Å². The highest BCUT2D eigenvalue weighted by atomic mass is 16.5. The van der Waals surface area contributed by atoms with Gasteiger partial charge in [0.2, 0.25) is 0 Å². The molecule has 5 heteroatoms. The maximum atomic E-state index is 5.70. The van der Waals surface area contributed by atoms with Gasteiger partial charge in [0, 0.05) is 30.8 Å². The van der Waals surface area contributed by atoms with E-state index in [-0.39, 0.29) is 0 Å². The van der Waals surface area contributed by atoms with Gasteiger partial charge < -0.3 is 20.2 Å². The molecular formula is C13H17N3O2. The second-order valence-electron chi connectivity index (χ2n) is 4.75. The van der Waals surface area contributed by atoms with Crippen molar-refractivity contribution in [3.63, 3.8) is 0 Å². The fraction of sp³-hybridized carbons (Fsp3) is 0.462. The van der Waals surface area contributed by atoms with E-state index >= 15 is 0 Å². The Balaban J connectivity index is 1.71. The first-order chi connectivity index (χ1) is 8.72. The molecule has 2 unspecified atom stereocenters. The Morgan fingerprint density at radius 3 is 3.17 bits per heavy atom. The summed E-state index contributed by atoms with van der Waals surface area (Å²) in [5.41, 5.74) is 7.92. The largest absolute Gasteiger partial charge is 0.423 e. The Bertz CT molecular complexity index is 552. The molecule has 2 atom stereocenters. The molecule has 1 fully saturated rings. The fourth-order valence-corrected chi connectivity index (χ4v) is 2.28. The molecular weight excluding hydrogens is 230 g/mol. The summed E-state index contributed by atoms with van der Waals surface area (Å²) in [6.07, 6.45) is 1.39. The van der Waals surface area contributed by atoms with Gasteiger partial charge in [-0.1, -0.05) is 0 Å². The molecule has 0 aliphatic carbocycles. The second-order valence-corrected chi connectivity index (χ2v) is 4.75. The first kappa shape index (κ1) is 11.3. The van der Waals surface area contributed by atoms with Gasteiger partial charge in [-0.3, -0.25) is 0 Å². The van der Waals surface area contributed by atoms with Crippen molar-refractivity contribution in [2.75, 3.05) is 24.2 Å². The number of hydrogen-bond acceptors (Lipinski definition) is 5. The van der Waals surface area contributed by atoms with Crippen LogP contribution in [0.3, 0.4) is 0 Å². The summed E-state index contributed by atoms with van der Waals surface area (Å²) in [6, 6.07) is 6.02. The van der Waals surface area contributed by atoms with Crippen LogP contribution in [0.2, 0.25) is 0 Å². The molecule has 2 heterocycles. The van der Waals surface area contributed by atoms with Crippen LogP contribution in [0.1, 0.15) is 13.3 Å². The molecule has 0 radical (unpaired) electrons. The number of hydrogen-bond donors (Lipinski definition) is 2. The van der Waals surface area contributed by atoms with E-state index in [2.05, 4.69) is 17.2 Å². The van der Waals surface area contributed by atoms with Gasteiger partial charge in [0.1, 0.15) is 5.52 Å². The summed E-state index contributed by atoms with van der Waals surface area (Å²) in [4.78, 5) is 4.37. The zero-order valence-corrected chi connectivity index (χ0v) is 10.3. The van der Waals surface area contributed by atoms with Crippen LogP contribution in [0.25, 0.3) is 11.1 Å². The van der Waals surface area contributed by atoms with E-state index in [0.29, 0.717) is 29.3 Å². The standard InChI is InChI=1S/C13H17N3O2/c1-8-9(4-5-17-8)7-15-13-16-11-3-2-10(14)6-12(11)18-13/h2-3,6,8-9H,4-5,7,14H2,1H3,(H,15,16). The lowest BCUT2D eigenvalue weighted by Gasteiger charge is -2.13. The average Bonchev–Trinajstić information content (AvgIpc) is 2.92. The number of nitrogens with one attached hydrogen (secondary N) is 1. The Kier molecular flexibility index (Phi) is 2.83. The zero-order valence-electron chi connectivity index (χ0n) is 10.3. The molecule has 2 aromatic rings. The molecule has 3 N–H and O–H groups in total.